The summed E-state index contributed by atoms with van der Waals surface area (Å²) in [5, 5.41) is 4.32. The van der Waals surface area contributed by atoms with E-state index in [1.54, 1.807) is 66.7 Å². The van der Waals surface area contributed by atoms with Gasteiger partial charge in [0.05, 0.1) is 28.0 Å². The summed E-state index contributed by atoms with van der Waals surface area (Å²) in [6.45, 7) is 1.57. The smallest absolute Gasteiger partial charge is 0.417 e. The predicted octanol–water partition coefficient (Wildman–Crippen LogP) is 7.90. The van der Waals surface area contributed by atoms with E-state index >= 15 is 0 Å². The molecule has 0 amide bonds. The number of pyridine rings is 1. The second-order valence-corrected chi connectivity index (χ2v) is 9.05. The fourth-order valence-electron chi connectivity index (χ4n) is 3.92. The van der Waals surface area contributed by atoms with Crippen molar-refractivity contribution in [1.82, 2.24) is 14.8 Å². The van der Waals surface area contributed by atoms with E-state index < -0.39 is 11.7 Å². The second-order valence-electron chi connectivity index (χ2n) is 8.13. The fraction of sp³-hybridized carbons (Fsp3) is 0.111. The Morgan fingerprint density at radius 1 is 0.944 bits per heavy atom. The Morgan fingerprint density at radius 3 is 2.31 bits per heavy atom. The molecule has 2 heterocycles. The van der Waals surface area contributed by atoms with Gasteiger partial charge in [0, 0.05) is 15.6 Å². The van der Waals surface area contributed by atoms with Crippen molar-refractivity contribution in [2.24, 2.45) is 0 Å². The van der Waals surface area contributed by atoms with Crippen LogP contribution in [0.2, 0.25) is 0 Å². The number of ether oxygens (including phenoxy) is 1. The minimum Gasteiger partial charge on any atom is -0.489 e. The molecule has 4 nitrogen and oxygen atoms in total. The zero-order valence-electron chi connectivity index (χ0n) is 18.9. The summed E-state index contributed by atoms with van der Waals surface area (Å²) >= 11 is 3.36. The Bertz CT molecular complexity index is 1550. The van der Waals surface area contributed by atoms with Gasteiger partial charge in [-0.05, 0) is 67.6 Å². The largest absolute Gasteiger partial charge is 0.489 e. The van der Waals surface area contributed by atoms with Crippen molar-refractivity contribution in [1.29, 1.82) is 0 Å². The third kappa shape index (κ3) is 4.70. The second kappa shape index (κ2) is 9.39. The van der Waals surface area contributed by atoms with Crippen LogP contribution in [-0.2, 0) is 12.8 Å². The first-order valence-electron chi connectivity index (χ1n) is 10.9. The molecule has 0 saturated carbocycles. The van der Waals surface area contributed by atoms with Crippen LogP contribution in [0.4, 0.5) is 17.6 Å². The molecule has 0 radical (unpaired) electrons. The van der Waals surface area contributed by atoms with Gasteiger partial charge in [-0.3, -0.25) is 0 Å². The zero-order valence-corrected chi connectivity index (χ0v) is 20.4. The van der Waals surface area contributed by atoms with Gasteiger partial charge in [0.2, 0.25) is 0 Å². The Labute approximate surface area is 212 Å². The molecule has 182 valence electrons. The third-order valence-corrected chi connectivity index (χ3v) is 6.22. The summed E-state index contributed by atoms with van der Waals surface area (Å²) in [6.07, 6.45) is -4.60. The molecular weight excluding hydrogens is 538 g/mol. The molecule has 36 heavy (non-hydrogen) atoms. The summed E-state index contributed by atoms with van der Waals surface area (Å²) in [6, 6.07) is 20.9. The number of aromatic nitrogens is 3. The minimum absolute atomic E-state index is 0.0279. The lowest BCUT2D eigenvalue weighted by Crippen LogP contribution is -2.08. The van der Waals surface area contributed by atoms with Gasteiger partial charge in [-0.1, -0.05) is 34.1 Å². The molecule has 0 N–H and O–H groups in total. The van der Waals surface area contributed by atoms with Crippen LogP contribution in [0.25, 0.3) is 28.0 Å². The van der Waals surface area contributed by atoms with E-state index in [0.717, 1.165) is 10.5 Å². The van der Waals surface area contributed by atoms with Gasteiger partial charge in [0.15, 0.2) is 5.65 Å². The van der Waals surface area contributed by atoms with Gasteiger partial charge >= 0.3 is 6.18 Å². The van der Waals surface area contributed by atoms with Crippen molar-refractivity contribution in [2.75, 3.05) is 0 Å². The van der Waals surface area contributed by atoms with E-state index in [1.807, 2.05) is 0 Å². The summed E-state index contributed by atoms with van der Waals surface area (Å²) in [5.41, 5.74) is 1.15. The molecule has 0 aliphatic carbocycles. The van der Waals surface area contributed by atoms with Gasteiger partial charge in [0.1, 0.15) is 18.2 Å². The number of alkyl halides is 3. The molecule has 0 fully saturated rings. The molecule has 0 bridgehead atoms. The maximum atomic E-state index is 14.1. The van der Waals surface area contributed by atoms with Crippen molar-refractivity contribution in [2.45, 2.75) is 19.7 Å². The Hall–Kier alpha value is -3.72. The van der Waals surface area contributed by atoms with Crippen LogP contribution >= 0.6 is 15.9 Å². The average molecular weight is 556 g/mol. The first kappa shape index (κ1) is 24.0. The lowest BCUT2D eigenvalue weighted by Gasteiger charge is -2.12. The van der Waals surface area contributed by atoms with Crippen LogP contribution in [0.3, 0.4) is 0 Å². The number of aryl methyl sites for hydroxylation is 1. The fourth-order valence-corrected chi connectivity index (χ4v) is 4.19. The number of halogens is 5. The number of hydrogen-bond acceptors (Lipinski definition) is 3. The van der Waals surface area contributed by atoms with Crippen molar-refractivity contribution < 1.29 is 22.3 Å². The van der Waals surface area contributed by atoms with Crippen molar-refractivity contribution in [3.05, 3.63) is 106 Å². The highest BCUT2D eigenvalue weighted by molar-refractivity contribution is 9.10. The van der Waals surface area contributed by atoms with E-state index in [4.69, 9.17) is 4.74 Å². The Kier molecular flexibility index (Phi) is 6.26. The van der Waals surface area contributed by atoms with E-state index in [-0.39, 0.29) is 34.8 Å². The monoisotopic (exact) mass is 555 g/mol. The lowest BCUT2D eigenvalue weighted by molar-refractivity contribution is -0.136. The van der Waals surface area contributed by atoms with Gasteiger partial charge in [0.25, 0.3) is 0 Å². The van der Waals surface area contributed by atoms with E-state index in [9.17, 15) is 17.6 Å². The maximum absolute atomic E-state index is 14.1. The maximum Gasteiger partial charge on any atom is 0.417 e. The number of fused-ring (bicyclic) bond motifs is 1. The Morgan fingerprint density at radius 2 is 1.64 bits per heavy atom. The summed E-state index contributed by atoms with van der Waals surface area (Å²) < 4.78 is 64.0. The lowest BCUT2D eigenvalue weighted by atomic mass is 10.0. The number of benzene rings is 3. The normalized spacial score (nSPS) is 11.7. The molecule has 3 aromatic carbocycles. The third-order valence-electron chi connectivity index (χ3n) is 5.69. The van der Waals surface area contributed by atoms with Crippen LogP contribution in [0, 0.1) is 12.7 Å². The van der Waals surface area contributed by atoms with Crippen LogP contribution in [-0.4, -0.2) is 14.8 Å². The molecule has 0 aliphatic rings. The molecule has 9 heteroatoms. The molecular formula is C27H18BrF4N3O. The molecule has 5 rings (SSSR count). The van der Waals surface area contributed by atoms with E-state index in [1.165, 1.54) is 17.7 Å². The number of rotatable bonds is 5. The molecule has 5 aromatic rings. The van der Waals surface area contributed by atoms with Crippen molar-refractivity contribution >= 4 is 27.0 Å². The first-order chi connectivity index (χ1) is 17.2. The highest BCUT2D eigenvalue weighted by atomic mass is 79.9. The highest BCUT2D eigenvalue weighted by Crippen LogP contribution is 2.39. The van der Waals surface area contributed by atoms with Gasteiger partial charge in [-0.15, -0.1) is 0 Å². The Balaban J connectivity index is 1.54. The molecule has 0 spiro atoms. The van der Waals surface area contributed by atoms with Gasteiger partial charge in [-0.25, -0.2) is 14.1 Å². The van der Waals surface area contributed by atoms with E-state index in [2.05, 4.69) is 26.0 Å². The predicted molar refractivity (Wildman–Crippen MR) is 132 cm³/mol. The SMILES string of the molecule is Cc1nn(-c2ccc(Br)cc2)c2nc(-c3ccc(OCc4ccccc4F)cc3)cc(C(F)(F)F)c12. The van der Waals surface area contributed by atoms with Crippen molar-refractivity contribution in [3.8, 4) is 22.7 Å². The minimum atomic E-state index is -4.60. The topological polar surface area (TPSA) is 39.9 Å². The molecule has 0 aliphatic heterocycles. The molecule has 0 unspecified atom stereocenters. The molecule has 2 aromatic heterocycles. The summed E-state index contributed by atoms with van der Waals surface area (Å²) in [4.78, 5) is 4.57. The number of nitrogens with zero attached hydrogens (tertiary/aromatic N) is 3. The van der Waals surface area contributed by atoms with Gasteiger partial charge in [-0.2, -0.15) is 18.3 Å². The van der Waals surface area contributed by atoms with Gasteiger partial charge < -0.3 is 4.74 Å². The summed E-state index contributed by atoms with van der Waals surface area (Å²) in [7, 11) is 0. The molecule has 0 saturated heterocycles. The zero-order chi connectivity index (χ0) is 25.4. The van der Waals surface area contributed by atoms with Crippen LogP contribution in [0.5, 0.6) is 5.75 Å². The van der Waals surface area contributed by atoms with Crippen molar-refractivity contribution in [3.63, 3.8) is 0 Å². The standard InChI is InChI=1S/C27H18BrF4N3O/c1-16-25-22(27(30,31)32)14-24(33-26(25)35(34-16)20-10-8-19(28)9-11-20)17-6-12-21(13-7-17)36-15-18-4-2-3-5-23(18)29/h2-14H,15H2,1H3. The quantitative estimate of drug-likeness (QED) is 0.207. The first-order valence-corrected chi connectivity index (χ1v) is 11.7. The van der Waals surface area contributed by atoms with Crippen LogP contribution in [0.1, 0.15) is 16.8 Å². The van der Waals surface area contributed by atoms with Crippen LogP contribution in [0.15, 0.2) is 83.3 Å². The van der Waals surface area contributed by atoms with E-state index in [0.29, 0.717) is 22.6 Å². The number of hydrogen-bond donors (Lipinski definition) is 0. The average Bonchev–Trinajstić information content (AvgIpc) is 3.19. The molecule has 0 atom stereocenters. The van der Waals surface area contributed by atoms with Crippen LogP contribution < -0.4 is 4.74 Å². The highest BCUT2D eigenvalue weighted by Gasteiger charge is 2.35. The summed E-state index contributed by atoms with van der Waals surface area (Å²) in [5.74, 6) is 0.0823.